The smallest absolute Gasteiger partial charge is 0.255 e. The fraction of sp³-hybridized carbons (Fsp3) is 0.364. The molecule has 0 unspecified atom stereocenters. The number of aryl methyl sites for hydroxylation is 2. The molecule has 0 spiro atoms. The summed E-state index contributed by atoms with van der Waals surface area (Å²) in [5.41, 5.74) is 1.84. The average molecular weight is 427 g/mol. The number of amides is 1. The number of carbonyl (C=O) groups is 1. The fourth-order valence-corrected chi connectivity index (χ4v) is 4.09. The molecule has 0 bridgehead atoms. The number of pyridine rings is 1. The molecule has 2 aromatic heterocycles. The van der Waals surface area contributed by atoms with Crippen molar-refractivity contribution in [3.8, 4) is 11.4 Å². The molecule has 3 aromatic rings. The Labute approximate surface area is 178 Å². The van der Waals surface area contributed by atoms with Crippen LogP contribution in [0.3, 0.4) is 0 Å². The van der Waals surface area contributed by atoms with Gasteiger partial charge in [0.1, 0.15) is 5.82 Å². The van der Waals surface area contributed by atoms with Crippen molar-refractivity contribution in [2.24, 2.45) is 0 Å². The van der Waals surface area contributed by atoms with E-state index in [0.717, 1.165) is 43.1 Å². The second-order valence-corrected chi connectivity index (χ2v) is 8.43. The lowest BCUT2D eigenvalue weighted by Crippen LogP contribution is -2.27. The predicted molar refractivity (Wildman–Crippen MR) is 113 cm³/mol. The number of nitrogens with zero attached hydrogens (tertiary/aromatic N) is 4. The predicted octanol–water partition coefficient (Wildman–Crippen LogP) is 4.54. The first-order valence-electron chi connectivity index (χ1n) is 10.1. The number of benzene rings is 1. The van der Waals surface area contributed by atoms with E-state index in [1.807, 2.05) is 17.0 Å². The SMILES string of the molecule is Cc1ccc(-c2noc(CCCSc3ccc(C(=O)N4CCCC4)cn3)n2)cc1F. The van der Waals surface area contributed by atoms with Crippen LogP contribution < -0.4 is 0 Å². The lowest BCUT2D eigenvalue weighted by atomic mass is 10.1. The van der Waals surface area contributed by atoms with Crippen molar-refractivity contribution in [2.75, 3.05) is 18.8 Å². The first kappa shape index (κ1) is 20.5. The van der Waals surface area contributed by atoms with Gasteiger partial charge in [-0.1, -0.05) is 17.3 Å². The molecule has 0 aliphatic carbocycles. The van der Waals surface area contributed by atoms with Crippen LogP contribution in [-0.4, -0.2) is 44.8 Å². The molecule has 0 saturated carbocycles. The van der Waals surface area contributed by atoms with E-state index in [2.05, 4.69) is 15.1 Å². The van der Waals surface area contributed by atoms with Crippen LogP contribution in [-0.2, 0) is 6.42 Å². The zero-order chi connectivity index (χ0) is 20.9. The van der Waals surface area contributed by atoms with Crippen molar-refractivity contribution in [1.29, 1.82) is 0 Å². The third kappa shape index (κ3) is 4.87. The maximum atomic E-state index is 13.7. The Morgan fingerprint density at radius 3 is 2.80 bits per heavy atom. The quantitative estimate of drug-likeness (QED) is 0.408. The Balaban J connectivity index is 1.25. The third-order valence-corrected chi connectivity index (χ3v) is 6.09. The Bertz CT molecular complexity index is 1020. The summed E-state index contributed by atoms with van der Waals surface area (Å²) in [7, 11) is 0. The molecule has 1 fully saturated rings. The van der Waals surface area contributed by atoms with E-state index >= 15 is 0 Å². The Morgan fingerprint density at radius 1 is 1.23 bits per heavy atom. The van der Waals surface area contributed by atoms with E-state index in [1.165, 1.54) is 6.07 Å². The van der Waals surface area contributed by atoms with Crippen molar-refractivity contribution in [3.63, 3.8) is 0 Å². The van der Waals surface area contributed by atoms with Crippen LogP contribution in [0.2, 0.25) is 0 Å². The zero-order valence-electron chi connectivity index (χ0n) is 16.8. The van der Waals surface area contributed by atoms with Gasteiger partial charge in [-0.15, -0.1) is 11.8 Å². The highest BCUT2D eigenvalue weighted by Crippen LogP contribution is 2.21. The molecule has 0 radical (unpaired) electrons. The molecule has 8 heteroatoms. The molecule has 1 aliphatic heterocycles. The summed E-state index contributed by atoms with van der Waals surface area (Å²) >= 11 is 1.62. The summed E-state index contributed by atoms with van der Waals surface area (Å²) in [5, 5.41) is 4.83. The number of carbonyl (C=O) groups excluding carboxylic acids is 1. The number of hydrogen-bond donors (Lipinski definition) is 0. The van der Waals surface area contributed by atoms with Crippen molar-refractivity contribution >= 4 is 17.7 Å². The van der Waals surface area contributed by atoms with Gasteiger partial charge in [0.15, 0.2) is 0 Å². The molecule has 156 valence electrons. The van der Waals surface area contributed by atoms with Gasteiger partial charge in [0.2, 0.25) is 11.7 Å². The Morgan fingerprint density at radius 2 is 2.07 bits per heavy atom. The highest BCUT2D eigenvalue weighted by Gasteiger charge is 2.19. The van der Waals surface area contributed by atoms with Gasteiger partial charge >= 0.3 is 0 Å². The van der Waals surface area contributed by atoms with E-state index in [-0.39, 0.29) is 11.7 Å². The highest BCUT2D eigenvalue weighted by atomic mass is 32.2. The molecule has 3 heterocycles. The van der Waals surface area contributed by atoms with Gasteiger partial charge in [-0.25, -0.2) is 9.37 Å². The van der Waals surface area contributed by atoms with Gasteiger partial charge in [0.05, 0.1) is 10.6 Å². The minimum Gasteiger partial charge on any atom is -0.339 e. The van der Waals surface area contributed by atoms with Gasteiger partial charge < -0.3 is 9.42 Å². The second-order valence-electron chi connectivity index (χ2n) is 7.31. The summed E-state index contributed by atoms with van der Waals surface area (Å²) in [6, 6.07) is 8.65. The molecular formula is C22H23FN4O2S. The summed E-state index contributed by atoms with van der Waals surface area (Å²) in [6.07, 6.45) is 5.30. The van der Waals surface area contributed by atoms with Crippen molar-refractivity contribution in [3.05, 3.63) is 59.4 Å². The topological polar surface area (TPSA) is 72.1 Å². The normalized spacial score (nSPS) is 13.7. The minimum atomic E-state index is -0.282. The maximum absolute atomic E-state index is 13.7. The van der Waals surface area contributed by atoms with Crippen molar-refractivity contribution < 1.29 is 13.7 Å². The van der Waals surface area contributed by atoms with Gasteiger partial charge in [-0.3, -0.25) is 4.79 Å². The molecule has 6 nitrogen and oxygen atoms in total. The van der Waals surface area contributed by atoms with E-state index in [9.17, 15) is 9.18 Å². The molecule has 4 rings (SSSR count). The molecular weight excluding hydrogens is 403 g/mol. The minimum absolute atomic E-state index is 0.0669. The second kappa shape index (κ2) is 9.38. The van der Waals surface area contributed by atoms with Crippen LogP contribution in [0.1, 0.15) is 41.1 Å². The molecule has 1 amide bonds. The third-order valence-electron chi connectivity index (χ3n) is 5.06. The van der Waals surface area contributed by atoms with Gasteiger partial charge in [-0.05, 0) is 55.7 Å². The van der Waals surface area contributed by atoms with Gasteiger partial charge in [0.25, 0.3) is 5.91 Å². The largest absolute Gasteiger partial charge is 0.339 e. The summed E-state index contributed by atoms with van der Waals surface area (Å²) in [4.78, 5) is 23.0. The van der Waals surface area contributed by atoms with E-state index in [0.29, 0.717) is 34.8 Å². The standard InChI is InChI=1S/C22H23FN4O2S/c1-15-6-7-16(13-18(15)23)21-25-19(29-26-21)5-4-12-30-20-9-8-17(14-24-20)22(28)27-10-2-3-11-27/h6-9,13-14H,2-5,10-12H2,1H3. The lowest BCUT2D eigenvalue weighted by Gasteiger charge is -2.14. The first-order chi connectivity index (χ1) is 14.6. The summed E-state index contributed by atoms with van der Waals surface area (Å²) in [5.74, 6) is 1.55. The fourth-order valence-electron chi connectivity index (χ4n) is 3.30. The zero-order valence-corrected chi connectivity index (χ0v) is 17.6. The molecule has 30 heavy (non-hydrogen) atoms. The monoisotopic (exact) mass is 426 g/mol. The van der Waals surface area contributed by atoms with Crippen LogP contribution in [0.5, 0.6) is 0 Å². The van der Waals surface area contributed by atoms with Crippen molar-refractivity contribution in [2.45, 2.75) is 37.6 Å². The van der Waals surface area contributed by atoms with Crippen LogP contribution in [0.4, 0.5) is 4.39 Å². The van der Waals surface area contributed by atoms with Crippen LogP contribution in [0, 0.1) is 12.7 Å². The number of aromatic nitrogens is 3. The first-order valence-corrected chi connectivity index (χ1v) is 11.1. The summed E-state index contributed by atoms with van der Waals surface area (Å²) in [6.45, 7) is 3.39. The molecule has 0 atom stereocenters. The molecule has 1 aromatic carbocycles. The van der Waals surface area contributed by atoms with Crippen molar-refractivity contribution in [1.82, 2.24) is 20.0 Å². The van der Waals surface area contributed by atoms with Crippen LogP contribution in [0.15, 0.2) is 46.1 Å². The number of likely N-dealkylation sites (tertiary alicyclic amines) is 1. The van der Waals surface area contributed by atoms with E-state index in [1.54, 1.807) is 37.0 Å². The average Bonchev–Trinajstić information content (AvgIpc) is 3.46. The maximum Gasteiger partial charge on any atom is 0.255 e. The highest BCUT2D eigenvalue weighted by molar-refractivity contribution is 7.99. The number of halogens is 1. The van der Waals surface area contributed by atoms with Gasteiger partial charge in [0, 0.05) is 31.3 Å². The number of thioether (sulfide) groups is 1. The number of rotatable bonds is 7. The lowest BCUT2D eigenvalue weighted by molar-refractivity contribution is 0.0792. The molecule has 1 saturated heterocycles. The summed E-state index contributed by atoms with van der Waals surface area (Å²) < 4.78 is 19.0. The molecule has 0 N–H and O–H groups in total. The Hall–Kier alpha value is -2.74. The van der Waals surface area contributed by atoms with Gasteiger partial charge in [-0.2, -0.15) is 4.98 Å². The molecule has 1 aliphatic rings. The number of hydrogen-bond acceptors (Lipinski definition) is 6. The van der Waals surface area contributed by atoms with E-state index in [4.69, 9.17) is 4.52 Å². The Kier molecular flexibility index (Phi) is 6.42. The van der Waals surface area contributed by atoms with E-state index < -0.39 is 0 Å². The van der Waals surface area contributed by atoms with Crippen LogP contribution in [0.25, 0.3) is 11.4 Å². The van der Waals surface area contributed by atoms with Crippen LogP contribution >= 0.6 is 11.8 Å².